The van der Waals surface area contributed by atoms with Gasteiger partial charge in [-0.2, -0.15) is 0 Å². The Kier molecular flexibility index (Phi) is 3.89. The van der Waals surface area contributed by atoms with E-state index in [1.165, 1.54) is 12.1 Å². The molecule has 13 heavy (non-hydrogen) atoms. The quantitative estimate of drug-likeness (QED) is 0.511. The van der Waals surface area contributed by atoms with Gasteiger partial charge in [-0.15, -0.1) is 0 Å². The van der Waals surface area contributed by atoms with Crippen molar-refractivity contribution in [3.63, 3.8) is 0 Å². The van der Waals surface area contributed by atoms with Gasteiger partial charge in [0.05, 0.1) is 0 Å². The summed E-state index contributed by atoms with van der Waals surface area (Å²) in [6.45, 7) is 0. The van der Waals surface area contributed by atoms with Crippen LogP contribution >= 0.6 is 0 Å². The molecule has 0 saturated heterocycles. The number of allylic oxidation sites excluding steroid dienone is 2. The summed E-state index contributed by atoms with van der Waals surface area (Å²) in [5, 5.41) is 0. The van der Waals surface area contributed by atoms with E-state index in [4.69, 9.17) is 0 Å². The average molecular weight is 178 g/mol. The first-order chi connectivity index (χ1) is 6.33. The maximum absolute atomic E-state index is 12.7. The third kappa shape index (κ3) is 3.65. The Morgan fingerprint density at radius 3 is 2.85 bits per heavy atom. The molecule has 0 fully saturated rings. The molecule has 2 heteroatoms. The third-order valence-corrected chi connectivity index (χ3v) is 1.64. The van der Waals surface area contributed by atoms with E-state index in [1.54, 1.807) is 12.1 Å². The van der Waals surface area contributed by atoms with Gasteiger partial charge in [-0.25, -0.2) is 4.39 Å². The van der Waals surface area contributed by atoms with Gasteiger partial charge in [0.1, 0.15) is 12.1 Å². The molecule has 0 bridgehead atoms. The summed E-state index contributed by atoms with van der Waals surface area (Å²) in [5.74, 6) is -0.221. The lowest BCUT2D eigenvalue weighted by Gasteiger charge is -1.94. The lowest BCUT2D eigenvalue weighted by atomic mass is 10.1. The second kappa shape index (κ2) is 5.25. The number of carbonyl (C=O) groups is 1. The Morgan fingerprint density at radius 1 is 1.31 bits per heavy atom. The first-order valence-corrected chi connectivity index (χ1v) is 4.16. The molecule has 0 aromatic heterocycles. The van der Waals surface area contributed by atoms with Gasteiger partial charge >= 0.3 is 0 Å². The van der Waals surface area contributed by atoms with E-state index < -0.39 is 0 Å². The van der Waals surface area contributed by atoms with Gasteiger partial charge in [0.2, 0.25) is 0 Å². The van der Waals surface area contributed by atoms with Crippen molar-refractivity contribution < 1.29 is 9.18 Å². The van der Waals surface area contributed by atoms with Crippen LogP contribution in [-0.2, 0) is 11.2 Å². The van der Waals surface area contributed by atoms with Crippen molar-refractivity contribution in [2.75, 3.05) is 0 Å². The lowest BCUT2D eigenvalue weighted by molar-refractivity contribution is -0.107. The summed E-state index contributed by atoms with van der Waals surface area (Å²) in [6.07, 6.45) is 5.57. The van der Waals surface area contributed by atoms with Crippen molar-refractivity contribution in [2.45, 2.75) is 12.8 Å². The molecule has 1 nitrogen and oxygen atoms in total. The SMILES string of the molecule is O=CC/C=C/Cc1cccc(F)c1. The first kappa shape index (κ1) is 9.65. The molecule has 0 atom stereocenters. The molecule has 1 aromatic carbocycles. The zero-order valence-electron chi connectivity index (χ0n) is 7.24. The number of rotatable bonds is 4. The molecule has 0 unspecified atom stereocenters. The number of carbonyl (C=O) groups excluding carboxylic acids is 1. The summed E-state index contributed by atoms with van der Waals surface area (Å²) >= 11 is 0. The van der Waals surface area contributed by atoms with Gasteiger partial charge in [0, 0.05) is 6.42 Å². The third-order valence-electron chi connectivity index (χ3n) is 1.64. The van der Waals surface area contributed by atoms with Crippen LogP contribution in [0.5, 0.6) is 0 Å². The monoisotopic (exact) mass is 178 g/mol. The number of aldehydes is 1. The molecule has 0 radical (unpaired) electrons. The highest BCUT2D eigenvalue weighted by Gasteiger charge is 1.91. The minimum Gasteiger partial charge on any atom is -0.303 e. The van der Waals surface area contributed by atoms with Crippen LogP contribution in [0.4, 0.5) is 4.39 Å². The van der Waals surface area contributed by atoms with E-state index in [0.717, 1.165) is 11.8 Å². The summed E-state index contributed by atoms with van der Waals surface area (Å²) in [4.78, 5) is 9.96. The van der Waals surface area contributed by atoms with Crippen LogP contribution in [-0.4, -0.2) is 6.29 Å². The van der Waals surface area contributed by atoms with Crippen molar-refractivity contribution in [1.29, 1.82) is 0 Å². The predicted octanol–water partition coefficient (Wildman–Crippen LogP) is 2.51. The van der Waals surface area contributed by atoms with Gasteiger partial charge < -0.3 is 4.79 Å². The highest BCUT2D eigenvalue weighted by molar-refractivity contribution is 5.51. The van der Waals surface area contributed by atoms with Crippen LogP contribution in [0.15, 0.2) is 36.4 Å². The van der Waals surface area contributed by atoms with Crippen molar-refractivity contribution in [1.82, 2.24) is 0 Å². The van der Waals surface area contributed by atoms with Gasteiger partial charge in [0.15, 0.2) is 0 Å². The molecule has 68 valence electrons. The van der Waals surface area contributed by atoms with E-state index >= 15 is 0 Å². The minimum atomic E-state index is -0.221. The van der Waals surface area contributed by atoms with Crippen LogP contribution < -0.4 is 0 Å². The first-order valence-electron chi connectivity index (χ1n) is 4.16. The Balaban J connectivity index is 2.49. The fourth-order valence-corrected chi connectivity index (χ4v) is 1.04. The molecular formula is C11H11FO. The van der Waals surface area contributed by atoms with E-state index in [9.17, 15) is 9.18 Å². The van der Waals surface area contributed by atoms with Crippen LogP contribution in [0.3, 0.4) is 0 Å². The Bertz CT molecular complexity index is 305. The molecule has 0 heterocycles. The molecule has 0 amide bonds. The van der Waals surface area contributed by atoms with E-state index in [2.05, 4.69) is 0 Å². The van der Waals surface area contributed by atoms with Gasteiger partial charge in [-0.05, 0) is 24.1 Å². The van der Waals surface area contributed by atoms with Crippen molar-refractivity contribution >= 4 is 6.29 Å². The highest BCUT2D eigenvalue weighted by Crippen LogP contribution is 2.04. The Labute approximate surface area is 76.9 Å². The standard InChI is InChI=1S/C11H11FO/c12-11-7-4-6-10(9-11)5-2-1-3-8-13/h1-2,4,6-9H,3,5H2/b2-1+. The number of benzene rings is 1. The zero-order valence-corrected chi connectivity index (χ0v) is 7.24. The van der Waals surface area contributed by atoms with Crippen LogP contribution in [0.2, 0.25) is 0 Å². The maximum Gasteiger partial charge on any atom is 0.123 e. The van der Waals surface area contributed by atoms with Gasteiger partial charge in [-0.3, -0.25) is 0 Å². The summed E-state index contributed by atoms with van der Waals surface area (Å²) in [5.41, 5.74) is 0.919. The average Bonchev–Trinajstić information content (AvgIpc) is 2.13. The second-order valence-corrected chi connectivity index (χ2v) is 2.71. The number of hydrogen-bond acceptors (Lipinski definition) is 1. The summed E-state index contributed by atoms with van der Waals surface area (Å²) in [6, 6.07) is 6.44. The van der Waals surface area contributed by atoms with E-state index in [0.29, 0.717) is 12.8 Å². The number of halogens is 1. The molecule has 0 aliphatic carbocycles. The molecule has 1 aromatic rings. The van der Waals surface area contributed by atoms with Crippen molar-refractivity contribution in [3.8, 4) is 0 Å². The fraction of sp³-hybridized carbons (Fsp3) is 0.182. The molecule has 0 saturated carbocycles. The largest absolute Gasteiger partial charge is 0.303 e. The highest BCUT2D eigenvalue weighted by atomic mass is 19.1. The molecule has 0 N–H and O–H groups in total. The summed E-state index contributed by atoms with van der Waals surface area (Å²) in [7, 11) is 0. The van der Waals surface area contributed by atoms with Crippen LogP contribution in [0, 0.1) is 5.82 Å². The molecular weight excluding hydrogens is 167 g/mol. The Hall–Kier alpha value is -1.44. The zero-order chi connectivity index (χ0) is 9.52. The maximum atomic E-state index is 12.7. The van der Waals surface area contributed by atoms with Crippen molar-refractivity contribution in [3.05, 3.63) is 47.8 Å². The number of hydrogen-bond donors (Lipinski definition) is 0. The van der Waals surface area contributed by atoms with E-state index in [1.807, 2.05) is 12.1 Å². The summed E-state index contributed by atoms with van der Waals surface area (Å²) < 4.78 is 12.7. The van der Waals surface area contributed by atoms with Crippen LogP contribution in [0.1, 0.15) is 12.0 Å². The smallest absolute Gasteiger partial charge is 0.123 e. The Morgan fingerprint density at radius 2 is 2.15 bits per heavy atom. The fourth-order valence-electron chi connectivity index (χ4n) is 1.04. The second-order valence-electron chi connectivity index (χ2n) is 2.71. The molecule has 0 aliphatic heterocycles. The van der Waals surface area contributed by atoms with Gasteiger partial charge in [-0.1, -0.05) is 24.3 Å². The lowest BCUT2D eigenvalue weighted by Crippen LogP contribution is -1.82. The predicted molar refractivity (Wildman–Crippen MR) is 49.9 cm³/mol. The van der Waals surface area contributed by atoms with Gasteiger partial charge in [0.25, 0.3) is 0 Å². The van der Waals surface area contributed by atoms with E-state index in [-0.39, 0.29) is 5.82 Å². The normalized spacial score (nSPS) is 10.5. The molecule has 1 rings (SSSR count). The van der Waals surface area contributed by atoms with Crippen molar-refractivity contribution in [2.24, 2.45) is 0 Å². The van der Waals surface area contributed by atoms with Crippen LogP contribution in [0.25, 0.3) is 0 Å². The topological polar surface area (TPSA) is 17.1 Å². The minimum absolute atomic E-state index is 0.221. The molecule has 0 aliphatic rings. The molecule has 0 spiro atoms.